The van der Waals surface area contributed by atoms with Crippen LogP contribution in [0.3, 0.4) is 0 Å². The maximum atomic E-state index is 11.5. The summed E-state index contributed by atoms with van der Waals surface area (Å²) in [6.45, 7) is 2.55. The third-order valence-electron chi connectivity index (χ3n) is 3.51. The predicted octanol–water partition coefficient (Wildman–Crippen LogP) is 2.88. The number of nitrogens with one attached hydrogen (secondary N) is 2. The number of alkyl carbamates (subject to hydrolysis) is 1. The summed E-state index contributed by atoms with van der Waals surface area (Å²) in [7, 11) is 0. The van der Waals surface area contributed by atoms with Crippen molar-refractivity contribution in [1.29, 1.82) is 0 Å². The normalized spacial score (nSPS) is 11.5. The van der Waals surface area contributed by atoms with Crippen molar-refractivity contribution in [3.63, 3.8) is 0 Å². The zero-order valence-electron chi connectivity index (χ0n) is 14.0. The molecule has 0 fully saturated rings. The summed E-state index contributed by atoms with van der Waals surface area (Å²) >= 11 is 0. The van der Waals surface area contributed by atoms with E-state index in [1.165, 1.54) is 0 Å². The van der Waals surface area contributed by atoms with Crippen molar-refractivity contribution in [2.75, 3.05) is 13.2 Å². The van der Waals surface area contributed by atoms with Crippen molar-refractivity contribution in [1.82, 2.24) is 10.6 Å². The lowest BCUT2D eigenvalue weighted by atomic mass is 10.0. The Hall–Kier alpha value is -2.44. The molecule has 1 atom stereocenters. The van der Waals surface area contributed by atoms with E-state index in [1.54, 1.807) is 12.1 Å². The van der Waals surface area contributed by atoms with Gasteiger partial charge in [-0.25, -0.2) is 9.59 Å². The molecule has 0 spiro atoms. The van der Waals surface area contributed by atoms with Crippen LogP contribution in [-0.2, 0) is 11.2 Å². The number of benzene rings is 1. The molecule has 0 radical (unpaired) electrons. The van der Waals surface area contributed by atoms with Crippen molar-refractivity contribution in [3.8, 4) is 5.75 Å². The number of unbranched alkanes of at least 4 members (excludes halogenated alkanes) is 1. The number of phenolic OH excluding ortho intramolecular Hbond substituents is 1. The number of ether oxygens (including phenoxy) is 1. The fraction of sp³-hybridized carbons (Fsp3) is 0.529. The number of carboxylic acid groups (broad SMARTS) is 1. The Morgan fingerprint density at radius 3 is 2.54 bits per heavy atom. The zero-order chi connectivity index (χ0) is 17.8. The molecular weight excluding hydrogens is 312 g/mol. The van der Waals surface area contributed by atoms with Crippen molar-refractivity contribution >= 4 is 12.2 Å². The second kappa shape index (κ2) is 11.2. The molecule has 0 heterocycles. The molecule has 1 aromatic carbocycles. The van der Waals surface area contributed by atoms with Gasteiger partial charge in [0.2, 0.25) is 0 Å². The summed E-state index contributed by atoms with van der Waals surface area (Å²) in [6, 6.07) is 6.53. The molecule has 0 saturated heterocycles. The molecule has 0 aliphatic rings. The third-order valence-corrected chi connectivity index (χ3v) is 3.51. The van der Waals surface area contributed by atoms with Gasteiger partial charge in [0.05, 0.1) is 6.61 Å². The van der Waals surface area contributed by atoms with Crippen LogP contribution in [-0.4, -0.2) is 41.6 Å². The molecule has 7 nitrogen and oxygen atoms in total. The van der Waals surface area contributed by atoms with Gasteiger partial charge in [-0.2, -0.15) is 0 Å². The number of carbonyl (C=O) groups excluding carboxylic acids is 1. The number of phenols is 1. The summed E-state index contributed by atoms with van der Waals surface area (Å²) in [6.07, 6.45) is 2.19. The zero-order valence-corrected chi connectivity index (χ0v) is 14.0. The fourth-order valence-corrected chi connectivity index (χ4v) is 2.18. The molecule has 0 aromatic heterocycles. The first-order chi connectivity index (χ1) is 11.5. The molecule has 134 valence electrons. The fourth-order valence-electron chi connectivity index (χ4n) is 2.18. The van der Waals surface area contributed by atoms with Gasteiger partial charge >= 0.3 is 12.2 Å². The Balaban J connectivity index is 2.34. The number of hydrogen-bond donors (Lipinski definition) is 4. The second-order valence-corrected chi connectivity index (χ2v) is 5.58. The minimum absolute atomic E-state index is 0.187. The highest BCUT2D eigenvalue weighted by atomic mass is 16.5. The number of hydrogen-bond acceptors (Lipinski definition) is 4. The minimum Gasteiger partial charge on any atom is -0.508 e. The van der Waals surface area contributed by atoms with Crippen LogP contribution >= 0.6 is 0 Å². The third kappa shape index (κ3) is 8.87. The van der Waals surface area contributed by atoms with E-state index in [1.807, 2.05) is 19.1 Å². The van der Waals surface area contributed by atoms with Crippen LogP contribution in [0.2, 0.25) is 0 Å². The molecular formula is C17H26N2O5. The van der Waals surface area contributed by atoms with E-state index in [9.17, 15) is 14.7 Å². The Morgan fingerprint density at radius 2 is 1.92 bits per heavy atom. The summed E-state index contributed by atoms with van der Waals surface area (Å²) in [5, 5.41) is 23.1. The van der Waals surface area contributed by atoms with E-state index in [-0.39, 0.29) is 18.3 Å². The molecule has 24 heavy (non-hydrogen) atoms. The van der Waals surface area contributed by atoms with E-state index in [0.717, 1.165) is 31.2 Å². The summed E-state index contributed by atoms with van der Waals surface area (Å²) < 4.78 is 4.97. The first kappa shape index (κ1) is 19.6. The average Bonchev–Trinajstić information content (AvgIpc) is 2.54. The van der Waals surface area contributed by atoms with Crippen LogP contribution in [0.5, 0.6) is 5.75 Å². The van der Waals surface area contributed by atoms with E-state index < -0.39 is 12.2 Å². The number of amides is 2. The first-order valence-corrected chi connectivity index (χ1v) is 8.19. The topological polar surface area (TPSA) is 108 Å². The molecule has 0 aliphatic heterocycles. The average molecular weight is 338 g/mol. The summed E-state index contributed by atoms with van der Waals surface area (Å²) in [5.74, 6) is 0.218. The van der Waals surface area contributed by atoms with Crippen LogP contribution in [0.1, 0.15) is 38.2 Å². The SMILES string of the molecule is CCCCOC(=O)NCC(CCCc1ccc(O)cc1)NC(=O)O. The van der Waals surface area contributed by atoms with Gasteiger partial charge in [-0.1, -0.05) is 25.5 Å². The predicted molar refractivity (Wildman–Crippen MR) is 90.3 cm³/mol. The van der Waals surface area contributed by atoms with Gasteiger partial charge in [-0.3, -0.25) is 0 Å². The van der Waals surface area contributed by atoms with Gasteiger partial charge in [0.1, 0.15) is 5.75 Å². The Morgan fingerprint density at radius 1 is 1.21 bits per heavy atom. The molecule has 1 aromatic rings. The van der Waals surface area contributed by atoms with Crippen molar-refractivity contribution in [2.45, 2.75) is 45.1 Å². The number of aryl methyl sites for hydroxylation is 1. The highest BCUT2D eigenvalue weighted by Gasteiger charge is 2.13. The lowest BCUT2D eigenvalue weighted by Gasteiger charge is -2.17. The molecule has 4 N–H and O–H groups in total. The maximum Gasteiger partial charge on any atom is 0.407 e. The van der Waals surface area contributed by atoms with E-state index in [2.05, 4.69) is 10.6 Å². The van der Waals surface area contributed by atoms with Gasteiger partial charge in [0.25, 0.3) is 0 Å². The molecule has 7 heteroatoms. The molecule has 0 bridgehead atoms. The molecule has 0 aliphatic carbocycles. The lowest BCUT2D eigenvalue weighted by Crippen LogP contribution is -2.43. The molecule has 0 saturated carbocycles. The number of carbonyl (C=O) groups is 2. The van der Waals surface area contributed by atoms with Crippen molar-refractivity contribution in [3.05, 3.63) is 29.8 Å². The standard InChI is InChI=1S/C17H26N2O5/c1-2-3-11-24-17(23)18-12-14(19-16(21)22)6-4-5-13-7-9-15(20)10-8-13/h7-10,14,19-20H,2-6,11-12H2,1H3,(H,18,23)(H,21,22). The minimum atomic E-state index is -1.12. The van der Waals surface area contributed by atoms with Crippen LogP contribution in [0, 0.1) is 0 Å². The van der Waals surface area contributed by atoms with Crippen LogP contribution in [0.25, 0.3) is 0 Å². The second-order valence-electron chi connectivity index (χ2n) is 5.58. The number of rotatable bonds is 10. The molecule has 1 unspecified atom stereocenters. The van der Waals surface area contributed by atoms with Crippen LogP contribution in [0.15, 0.2) is 24.3 Å². The Bertz CT molecular complexity index is 504. The monoisotopic (exact) mass is 338 g/mol. The van der Waals surface area contributed by atoms with Crippen LogP contribution < -0.4 is 10.6 Å². The number of aromatic hydroxyl groups is 1. The van der Waals surface area contributed by atoms with E-state index >= 15 is 0 Å². The Labute approximate surface area is 142 Å². The summed E-state index contributed by atoms with van der Waals surface area (Å²) in [4.78, 5) is 22.4. The van der Waals surface area contributed by atoms with Gasteiger partial charge in [-0.05, 0) is 43.4 Å². The van der Waals surface area contributed by atoms with Gasteiger partial charge < -0.3 is 25.6 Å². The molecule has 1 rings (SSSR count). The Kier molecular flexibility index (Phi) is 9.11. The van der Waals surface area contributed by atoms with Gasteiger partial charge in [-0.15, -0.1) is 0 Å². The van der Waals surface area contributed by atoms with Gasteiger partial charge in [0, 0.05) is 12.6 Å². The maximum absolute atomic E-state index is 11.5. The van der Waals surface area contributed by atoms with Gasteiger partial charge in [0.15, 0.2) is 0 Å². The van der Waals surface area contributed by atoms with Crippen LogP contribution in [0.4, 0.5) is 9.59 Å². The highest BCUT2D eigenvalue weighted by Crippen LogP contribution is 2.12. The van der Waals surface area contributed by atoms with E-state index in [4.69, 9.17) is 9.84 Å². The largest absolute Gasteiger partial charge is 0.508 e. The van der Waals surface area contributed by atoms with Crippen molar-refractivity contribution < 1.29 is 24.5 Å². The van der Waals surface area contributed by atoms with E-state index in [0.29, 0.717) is 13.0 Å². The lowest BCUT2D eigenvalue weighted by molar-refractivity contribution is 0.142. The van der Waals surface area contributed by atoms with Crippen molar-refractivity contribution in [2.24, 2.45) is 0 Å². The smallest absolute Gasteiger partial charge is 0.407 e. The summed E-state index contributed by atoms with van der Waals surface area (Å²) in [5.41, 5.74) is 1.06. The highest BCUT2D eigenvalue weighted by molar-refractivity contribution is 5.67. The quantitative estimate of drug-likeness (QED) is 0.491. The first-order valence-electron chi connectivity index (χ1n) is 8.19. The molecule has 2 amide bonds.